The summed E-state index contributed by atoms with van der Waals surface area (Å²) in [4.78, 5) is 18.4. The van der Waals surface area contributed by atoms with Crippen LogP contribution in [0.5, 0.6) is 0 Å². The summed E-state index contributed by atoms with van der Waals surface area (Å²) in [6.07, 6.45) is 3.71. The molecular weight excluding hydrogens is 266 g/mol. The van der Waals surface area contributed by atoms with Gasteiger partial charge in [-0.1, -0.05) is 11.6 Å². The quantitative estimate of drug-likeness (QED) is 0.488. The highest BCUT2D eigenvalue weighted by Crippen LogP contribution is 2.27. The fourth-order valence-electron chi connectivity index (χ4n) is 1.39. The van der Waals surface area contributed by atoms with E-state index in [-0.39, 0.29) is 10.8 Å². The van der Waals surface area contributed by atoms with Crippen molar-refractivity contribution < 1.29 is 9.21 Å². The number of aldehydes is 1. The topological polar surface area (TPSA) is 79.8 Å². The molecule has 0 radical (unpaired) electrons. The molecule has 0 aliphatic carbocycles. The van der Waals surface area contributed by atoms with E-state index in [0.29, 0.717) is 29.1 Å². The predicted octanol–water partition coefficient (Wildman–Crippen LogP) is 2.86. The third-order valence-corrected chi connectivity index (χ3v) is 2.58. The molecule has 6 heteroatoms. The lowest BCUT2D eigenvalue weighted by molar-refractivity contribution is -0.104. The number of hydrogen-bond donors (Lipinski definition) is 0. The molecule has 0 amide bonds. The molecule has 0 aromatic carbocycles. The van der Waals surface area contributed by atoms with E-state index in [1.54, 1.807) is 13.0 Å². The van der Waals surface area contributed by atoms with Crippen LogP contribution in [0.3, 0.4) is 0 Å². The van der Waals surface area contributed by atoms with Crippen LogP contribution in [-0.4, -0.2) is 16.3 Å². The molecule has 0 aliphatic rings. The number of pyridine rings is 1. The van der Waals surface area contributed by atoms with Crippen LogP contribution < -0.4 is 0 Å². The van der Waals surface area contributed by atoms with Gasteiger partial charge in [-0.2, -0.15) is 5.26 Å². The van der Waals surface area contributed by atoms with Crippen LogP contribution in [0.4, 0.5) is 0 Å². The minimum atomic E-state index is 0.165. The van der Waals surface area contributed by atoms with E-state index in [1.165, 1.54) is 18.3 Å². The van der Waals surface area contributed by atoms with Crippen molar-refractivity contribution in [2.75, 3.05) is 0 Å². The van der Waals surface area contributed by atoms with Crippen LogP contribution in [0.2, 0.25) is 5.15 Å². The van der Waals surface area contributed by atoms with E-state index in [1.807, 2.05) is 6.07 Å². The van der Waals surface area contributed by atoms with E-state index in [2.05, 4.69) is 9.97 Å². The molecule has 0 spiro atoms. The molecule has 0 N–H and O–H groups in total. The maximum absolute atomic E-state index is 10.5. The third kappa shape index (κ3) is 2.87. The van der Waals surface area contributed by atoms with Crippen LogP contribution in [0.15, 0.2) is 28.3 Å². The van der Waals surface area contributed by atoms with Gasteiger partial charge in [-0.25, -0.2) is 9.97 Å². The van der Waals surface area contributed by atoms with Crippen LogP contribution in [0, 0.1) is 11.3 Å². The van der Waals surface area contributed by atoms with E-state index in [0.717, 1.165) is 0 Å². The van der Waals surface area contributed by atoms with Gasteiger partial charge in [0.25, 0.3) is 0 Å². The Balaban J connectivity index is 2.39. The number of nitrogens with zero attached hydrogens (tertiary/aromatic N) is 3. The van der Waals surface area contributed by atoms with Crippen molar-refractivity contribution in [2.24, 2.45) is 0 Å². The Morgan fingerprint density at radius 1 is 1.53 bits per heavy atom. The summed E-state index contributed by atoms with van der Waals surface area (Å²) >= 11 is 5.96. The van der Waals surface area contributed by atoms with Crippen molar-refractivity contribution in [2.45, 2.75) is 6.92 Å². The zero-order valence-electron chi connectivity index (χ0n) is 9.92. The van der Waals surface area contributed by atoms with Crippen LogP contribution in [-0.2, 0) is 4.79 Å². The Labute approximate surface area is 114 Å². The molecule has 0 saturated carbocycles. The molecule has 0 bridgehead atoms. The Morgan fingerprint density at radius 3 is 2.95 bits per heavy atom. The Hall–Kier alpha value is -2.45. The molecule has 94 valence electrons. The van der Waals surface area contributed by atoms with Gasteiger partial charge in [0.2, 0.25) is 5.89 Å². The zero-order valence-corrected chi connectivity index (χ0v) is 10.7. The van der Waals surface area contributed by atoms with Gasteiger partial charge < -0.3 is 4.42 Å². The van der Waals surface area contributed by atoms with E-state index >= 15 is 0 Å². The number of hydrogen-bond acceptors (Lipinski definition) is 5. The van der Waals surface area contributed by atoms with Gasteiger partial charge in [-0.05, 0) is 24.6 Å². The lowest BCUT2D eigenvalue weighted by Crippen LogP contribution is -1.85. The molecule has 0 aliphatic heterocycles. The number of carbonyl (C=O) groups is 1. The van der Waals surface area contributed by atoms with Crippen molar-refractivity contribution in [1.29, 1.82) is 5.26 Å². The maximum Gasteiger partial charge on any atom is 0.219 e. The first-order chi connectivity index (χ1) is 9.13. The number of carbonyl (C=O) groups excluding carboxylic acids is 1. The fraction of sp³-hybridized carbons (Fsp3) is 0.0769. The van der Waals surface area contributed by atoms with Gasteiger partial charge in [0.15, 0.2) is 5.76 Å². The SMILES string of the molecule is C/C(C=O)=C\c1ncc(-c2ccc(C#N)nc2Cl)o1. The van der Waals surface area contributed by atoms with Crippen LogP contribution >= 0.6 is 11.6 Å². The van der Waals surface area contributed by atoms with Crippen molar-refractivity contribution in [3.05, 3.63) is 40.6 Å². The summed E-state index contributed by atoms with van der Waals surface area (Å²) in [6.45, 7) is 1.65. The average Bonchev–Trinajstić information content (AvgIpc) is 2.86. The van der Waals surface area contributed by atoms with E-state index in [4.69, 9.17) is 21.3 Å². The second-order valence-corrected chi connectivity index (χ2v) is 4.07. The number of halogens is 1. The first kappa shape index (κ1) is 13.0. The molecule has 2 heterocycles. The maximum atomic E-state index is 10.5. The van der Waals surface area contributed by atoms with Crippen molar-refractivity contribution >= 4 is 24.0 Å². The number of rotatable bonds is 3. The molecular formula is C13H8ClN3O2. The summed E-state index contributed by atoms with van der Waals surface area (Å²) in [5.74, 6) is 0.729. The number of allylic oxidation sites excluding steroid dienone is 1. The lowest BCUT2D eigenvalue weighted by Gasteiger charge is -1.98. The smallest absolute Gasteiger partial charge is 0.219 e. The minimum Gasteiger partial charge on any atom is -0.437 e. The summed E-state index contributed by atoms with van der Waals surface area (Å²) in [5, 5.41) is 8.87. The normalized spacial score (nSPS) is 11.1. The standard InChI is InChI=1S/C13H8ClN3O2/c1-8(7-18)4-12-16-6-11(19-12)10-3-2-9(5-15)17-13(10)14/h2-4,6-7H,1H3/b8-4+. The largest absolute Gasteiger partial charge is 0.437 e. The number of oxazole rings is 1. The summed E-state index contributed by atoms with van der Waals surface area (Å²) < 4.78 is 5.44. The van der Waals surface area contributed by atoms with Gasteiger partial charge >= 0.3 is 0 Å². The summed E-state index contributed by atoms with van der Waals surface area (Å²) in [6, 6.07) is 5.07. The second kappa shape index (κ2) is 5.46. The molecule has 0 atom stereocenters. The monoisotopic (exact) mass is 273 g/mol. The Bertz CT molecular complexity index is 698. The highest BCUT2D eigenvalue weighted by Gasteiger charge is 2.11. The Morgan fingerprint density at radius 2 is 2.32 bits per heavy atom. The number of aromatic nitrogens is 2. The first-order valence-corrected chi connectivity index (χ1v) is 5.68. The molecule has 0 unspecified atom stereocenters. The third-order valence-electron chi connectivity index (χ3n) is 2.29. The molecule has 0 saturated heterocycles. The number of nitriles is 1. The van der Waals surface area contributed by atoms with Crippen molar-refractivity contribution in [3.8, 4) is 17.4 Å². The molecule has 2 rings (SSSR count). The lowest BCUT2D eigenvalue weighted by atomic mass is 10.2. The van der Waals surface area contributed by atoms with Gasteiger partial charge in [-0.3, -0.25) is 4.79 Å². The van der Waals surface area contributed by atoms with Gasteiger partial charge in [0.05, 0.1) is 11.8 Å². The average molecular weight is 274 g/mol. The second-order valence-electron chi connectivity index (χ2n) is 3.72. The molecule has 5 nitrogen and oxygen atoms in total. The van der Waals surface area contributed by atoms with Gasteiger partial charge in [-0.15, -0.1) is 0 Å². The molecule has 2 aromatic rings. The van der Waals surface area contributed by atoms with Crippen LogP contribution in [0.25, 0.3) is 17.4 Å². The van der Waals surface area contributed by atoms with E-state index in [9.17, 15) is 4.79 Å². The predicted molar refractivity (Wildman–Crippen MR) is 69.2 cm³/mol. The minimum absolute atomic E-state index is 0.165. The highest BCUT2D eigenvalue weighted by atomic mass is 35.5. The van der Waals surface area contributed by atoms with Crippen LogP contribution in [0.1, 0.15) is 18.5 Å². The van der Waals surface area contributed by atoms with Gasteiger partial charge in [0, 0.05) is 6.08 Å². The van der Waals surface area contributed by atoms with E-state index < -0.39 is 0 Å². The van der Waals surface area contributed by atoms with Crippen molar-refractivity contribution in [1.82, 2.24) is 9.97 Å². The molecule has 2 aromatic heterocycles. The molecule has 0 fully saturated rings. The van der Waals surface area contributed by atoms with Crippen molar-refractivity contribution in [3.63, 3.8) is 0 Å². The highest BCUT2D eigenvalue weighted by molar-refractivity contribution is 6.32. The summed E-state index contributed by atoms with van der Waals surface area (Å²) in [5.41, 5.74) is 1.26. The fourth-order valence-corrected chi connectivity index (χ4v) is 1.64. The Kier molecular flexibility index (Phi) is 3.74. The van der Waals surface area contributed by atoms with Gasteiger partial charge in [0.1, 0.15) is 23.2 Å². The zero-order chi connectivity index (χ0) is 13.8. The molecule has 19 heavy (non-hydrogen) atoms. The summed E-state index contributed by atoms with van der Waals surface area (Å²) in [7, 11) is 0. The first-order valence-electron chi connectivity index (χ1n) is 5.30.